The van der Waals surface area contributed by atoms with E-state index in [2.05, 4.69) is 25.8 Å². The second-order valence-corrected chi connectivity index (χ2v) is 4.31. The Morgan fingerprint density at radius 1 is 1.38 bits per heavy atom. The predicted octanol–water partition coefficient (Wildman–Crippen LogP) is 2.51. The molecule has 3 nitrogen and oxygen atoms in total. The summed E-state index contributed by atoms with van der Waals surface area (Å²) < 4.78 is 5.59. The van der Waals surface area contributed by atoms with Crippen LogP contribution in [0.2, 0.25) is 0 Å². The molecule has 0 aliphatic heterocycles. The monoisotopic (exact) mass is 222 g/mol. The molecule has 0 radical (unpaired) electrons. The molecular formula is C13H22N2O. The molecule has 0 amide bonds. The summed E-state index contributed by atoms with van der Waals surface area (Å²) in [5, 5.41) is 0. The third-order valence-electron chi connectivity index (χ3n) is 2.69. The van der Waals surface area contributed by atoms with Gasteiger partial charge in [-0.1, -0.05) is 0 Å². The van der Waals surface area contributed by atoms with Gasteiger partial charge in [-0.05, 0) is 46.0 Å². The van der Waals surface area contributed by atoms with Crippen molar-refractivity contribution in [3.05, 3.63) is 23.8 Å². The van der Waals surface area contributed by atoms with Crippen LogP contribution in [0, 0.1) is 0 Å². The number of hydrogen-bond donors (Lipinski definition) is 1. The Kier molecular flexibility index (Phi) is 4.62. The smallest absolute Gasteiger partial charge is 0.123 e. The number of ether oxygens (including phenoxy) is 1. The zero-order valence-corrected chi connectivity index (χ0v) is 10.7. The molecule has 0 aliphatic rings. The molecule has 0 heterocycles. The van der Waals surface area contributed by atoms with Crippen molar-refractivity contribution in [3.63, 3.8) is 0 Å². The van der Waals surface area contributed by atoms with Gasteiger partial charge < -0.3 is 10.5 Å². The van der Waals surface area contributed by atoms with E-state index in [-0.39, 0.29) is 0 Å². The molecule has 0 aliphatic carbocycles. The SMILES string of the molecule is CCOc1ccc(N)cc1CN(C)C(C)C. The maximum atomic E-state index is 5.80. The number of nitrogen functional groups attached to an aromatic ring is 1. The summed E-state index contributed by atoms with van der Waals surface area (Å²) in [5.74, 6) is 0.934. The van der Waals surface area contributed by atoms with Crippen molar-refractivity contribution in [2.45, 2.75) is 33.4 Å². The quantitative estimate of drug-likeness (QED) is 0.778. The van der Waals surface area contributed by atoms with Crippen molar-refractivity contribution >= 4 is 5.69 Å². The molecule has 1 aromatic rings. The Hall–Kier alpha value is -1.22. The van der Waals surface area contributed by atoms with Gasteiger partial charge in [-0.2, -0.15) is 0 Å². The van der Waals surface area contributed by atoms with Crippen LogP contribution in [0.4, 0.5) is 5.69 Å². The lowest BCUT2D eigenvalue weighted by molar-refractivity contribution is 0.257. The second-order valence-electron chi connectivity index (χ2n) is 4.31. The molecule has 90 valence electrons. The maximum Gasteiger partial charge on any atom is 0.123 e. The number of nitrogens with two attached hydrogens (primary N) is 1. The highest BCUT2D eigenvalue weighted by atomic mass is 16.5. The van der Waals surface area contributed by atoms with Gasteiger partial charge in [0.25, 0.3) is 0 Å². The van der Waals surface area contributed by atoms with Crippen LogP contribution in [0.15, 0.2) is 18.2 Å². The lowest BCUT2D eigenvalue weighted by Gasteiger charge is -2.22. The van der Waals surface area contributed by atoms with Crippen LogP contribution < -0.4 is 10.5 Å². The Bertz CT molecular complexity index is 337. The van der Waals surface area contributed by atoms with E-state index < -0.39 is 0 Å². The van der Waals surface area contributed by atoms with E-state index in [0.717, 1.165) is 23.5 Å². The molecule has 1 rings (SSSR count). The zero-order valence-electron chi connectivity index (χ0n) is 10.7. The van der Waals surface area contributed by atoms with Gasteiger partial charge in [0.1, 0.15) is 5.75 Å². The van der Waals surface area contributed by atoms with Crippen LogP contribution in [0.5, 0.6) is 5.75 Å². The minimum Gasteiger partial charge on any atom is -0.494 e. The summed E-state index contributed by atoms with van der Waals surface area (Å²) >= 11 is 0. The molecule has 0 atom stereocenters. The average molecular weight is 222 g/mol. The van der Waals surface area contributed by atoms with E-state index in [1.54, 1.807) is 0 Å². The van der Waals surface area contributed by atoms with Crippen molar-refractivity contribution in [3.8, 4) is 5.75 Å². The van der Waals surface area contributed by atoms with Crippen molar-refractivity contribution in [1.29, 1.82) is 0 Å². The van der Waals surface area contributed by atoms with Crippen LogP contribution in [0.1, 0.15) is 26.3 Å². The summed E-state index contributed by atoms with van der Waals surface area (Å²) in [6.45, 7) is 7.88. The summed E-state index contributed by atoms with van der Waals surface area (Å²) in [5.41, 5.74) is 7.74. The Balaban J connectivity index is 2.87. The molecule has 0 saturated carbocycles. The minimum atomic E-state index is 0.510. The second kappa shape index (κ2) is 5.75. The fraction of sp³-hybridized carbons (Fsp3) is 0.538. The molecule has 0 bridgehead atoms. The van der Waals surface area contributed by atoms with Crippen LogP contribution in [0.25, 0.3) is 0 Å². The molecule has 0 spiro atoms. The first-order valence-electron chi connectivity index (χ1n) is 5.76. The predicted molar refractivity (Wildman–Crippen MR) is 68.6 cm³/mol. The lowest BCUT2D eigenvalue weighted by atomic mass is 10.1. The summed E-state index contributed by atoms with van der Waals surface area (Å²) in [7, 11) is 2.10. The number of benzene rings is 1. The normalized spacial score (nSPS) is 11.1. The molecule has 0 unspecified atom stereocenters. The van der Waals surface area contributed by atoms with E-state index in [0.29, 0.717) is 12.6 Å². The number of anilines is 1. The van der Waals surface area contributed by atoms with E-state index in [9.17, 15) is 0 Å². The van der Waals surface area contributed by atoms with Crippen molar-refractivity contribution in [2.24, 2.45) is 0 Å². The summed E-state index contributed by atoms with van der Waals surface area (Å²) in [4.78, 5) is 2.26. The zero-order chi connectivity index (χ0) is 12.1. The third-order valence-corrected chi connectivity index (χ3v) is 2.69. The van der Waals surface area contributed by atoms with Gasteiger partial charge in [0.15, 0.2) is 0 Å². The van der Waals surface area contributed by atoms with Crippen molar-refractivity contribution < 1.29 is 4.74 Å². The molecule has 2 N–H and O–H groups in total. The van der Waals surface area contributed by atoms with Gasteiger partial charge in [-0.15, -0.1) is 0 Å². The molecule has 1 aromatic carbocycles. The number of hydrogen-bond acceptors (Lipinski definition) is 3. The first-order valence-corrected chi connectivity index (χ1v) is 5.76. The Labute approximate surface area is 98.2 Å². The van der Waals surface area contributed by atoms with Crippen LogP contribution >= 0.6 is 0 Å². The Morgan fingerprint density at radius 2 is 2.06 bits per heavy atom. The summed E-state index contributed by atoms with van der Waals surface area (Å²) in [6.07, 6.45) is 0. The van der Waals surface area contributed by atoms with E-state index in [1.165, 1.54) is 0 Å². The van der Waals surface area contributed by atoms with Crippen molar-refractivity contribution in [1.82, 2.24) is 4.90 Å². The van der Waals surface area contributed by atoms with E-state index in [4.69, 9.17) is 10.5 Å². The standard InChI is InChI=1S/C13H22N2O/c1-5-16-13-7-6-12(14)8-11(13)9-15(4)10(2)3/h6-8,10H,5,9,14H2,1-4H3. The highest BCUT2D eigenvalue weighted by Gasteiger charge is 2.09. The lowest BCUT2D eigenvalue weighted by Crippen LogP contribution is -2.25. The van der Waals surface area contributed by atoms with Gasteiger partial charge in [-0.3, -0.25) is 4.90 Å². The molecule has 0 aromatic heterocycles. The highest BCUT2D eigenvalue weighted by molar-refractivity contribution is 5.47. The number of nitrogens with zero attached hydrogens (tertiary/aromatic N) is 1. The van der Waals surface area contributed by atoms with Crippen LogP contribution in [-0.2, 0) is 6.54 Å². The fourth-order valence-electron chi connectivity index (χ4n) is 1.47. The first-order chi connectivity index (χ1) is 7.54. The molecule has 3 heteroatoms. The highest BCUT2D eigenvalue weighted by Crippen LogP contribution is 2.23. The summed E-state index contributed by atoms with van der Waals surface area (Å²) in [6, 6.07) is 6.33. The minimum absolute atomic E-state index is 0.510. The topological polar surface area (TPSA) is 38.5 Å². The maximum absolute atomic E-state index is 5.80. The van der Waals surface area contributed by atoms with E-state index >= 15 is 0 Å². The first kappa shape index (κ1) is 12.8. The van der Waals surface area contributed by atoms with Crippen LogP contribution in [-0.4, -0.2) is 24.6 Å². The largest absolute Gasteiger partial charge is 0.494 e. The van der Waals surface area contributed by atoms with E-state index in [1.807, 2.05) is 25.1 Å². The van der Waals surface area contributed by atoms with Crippen LogP contribution in [0.3, 0.4) is 0 Å². The average Bonchev–Trinajstić information content (AvgIpc) is 2.22. The molecular weight excluding hydrogens is 200 g/mol. The van der Waals surface area contributed by atoms with Gasteiger partial charge in [-0.25, -0.2) is 0 Å². The number of rotatable bonds is 5. The van der Waals surface area contributed by atoms with Gasteiger partial charge in [0.05, 0.1) is 6.61 Å². The van der Waals surface area contributed by atoms with Crippen molar-refractivity contribution in [2.75, 3.05) is 19.4 Å². The third kappa shape index (κ3) is 3.42. The fourth-order valence-corrected chi connectivity index (χ4v) is 1.47. The Morgan fingerprint density at radius 3 is 2.62 bits per heavy atom. The van der Waals surface area contributed by atoms with Gasteiger partial charge >= 0.3 is 0 Å². The molecule has 0 fully saturated rings. The van der Waals surface area contributed by atoms with Gasteiger partial charge in [0.2, 0.25) is 0 Å². The molecule has 16 heavy (non-hydrogen) atoms. The molecule has 0 saturated heterocycles. The van der Waals surface area contributed by atoms with Gasteiger partial charge in [0, 0.05) is 23.8 Å².